The first-order valence-corrected chi connectivity index (χ1v) is 12.5. The van der Waals surface area contributed by atoms with Crippen molar-refractivity contribution in [2.24, 2.45) is 0 Å². The molecule has 2 aliphatic rings. The molecule has 2 saturated heterocycles. The number of rotatable bonds is 6. The molecule has 0 unspecified atom stereocenters. The lowest BCUT2D eigenvalue weighted by atomic mass is 10.3. The Morgan fingerprint density at radius 1 is 1.06 bits per heavy atom. The van der Waals surface area contributed by atoms with E-state index in [9.17, 15) is 4.79 Å². The lowest BCUT2D eigenvalue weighted by Gasteiger charge is -2.34. The van der Waals surface area contributed by atoms with Crippen LogP contribution in [0.1, 0.15) is 28.0 Å². The maximum Gasteiger partial charge on any atom is 0.341 e. The summed E-state index contributed by atoms with van der Waals surface area (Å²) in [4.78, 5) is 38.2. The van der Waals surface area contributed by atoms with E-state index in [1.54, 1.807) is 30.7 Å². The zero-order chi connectivity index (χ0) is 23.5. The van der Waals surface area contributed by atoms with E-state index in [-0.39, 0.29) is 5.97 Å². The average Bonchev–Trinajstić information content (AvgIpc) is 3.27. The summed E-state index contributed by atoms with van der Waals surface area (Å²) in [5, 5.41) is 0. The summed E-state index contributed by atoms with van der Waals surface area (Å²) in [5.74, 6) is 2.10. The van der Waals surface area contributed by atoms with Crippen LogP contribution in [-0.4, -0.2) is 89.9 Å². The lowest BCUT2D eigenvalue weighted by molar-refractivity contribution is 0.0525. The normalized spacial score (nSPS) is 17.4. The molecule has 3 aromatic rings. The third-order valence-corrected chi connectivity index (χ3v) is 7.12. The van der Waals surface area contributed by atoms with Crippen LogP contribution in [0.5, 0.6) is 0 Å². The van der Waals surface area contributed by atoms with Crippen LogP contribution in [0.25, 0.3) is 10.2 Å². The topological polar surface area (TPSA) is 96.8 Å². The summed E-state index contributed by atoms with van der Waals surface area (Å²) < 4.78 is 11.7. The van der Waals surface area contributed by atoms with Crippen molar-refractivity contribution < 1.29 is 14.3 Å². The minimum absolute atomic E-state index is 0.336. The van der Waals surface area contributed by atoms with Crippen LogP contribution in [0.4, 0.5) is 11.8 Å². The van der Waals surface area contributed by atoms with Crippen molar-refractivity contribution >= 4 is 39.3 Å². The Balaban J connectivity index is 1.22. The van der Waals surface area contributed by atoms with Crippen LogP contribution in [0, 0.1) is 6.92 Å². The van der Waals surface area contributed by atoms with Crippen molar-refractivity contribution in [2.75, 3.05) is 68.9 Å². The Hall–Kier alpha value is -2.89. The highest BCUT2D eigenvalue weighted by atomic mass is 32.1. The van der Waals surface area contributed by atoms with Gasteiger partial charge in [0.25, 0.3) is 0 Å². The predicted octanol–water partition coefficient (Wildman–Crippen LogP) is 2.13. The fourth-order valence-electron chi connectivity index (χ4n) is 4.28. The third kappa shape index (κ3) is 4.96. The van der Waals surface area contributed by atoms with Crippen molar-refractivity contribution in [3.05, 3.63) is 34.7 Å². The minimum atomic E-state index is -0.390. The van der Waals surface area contributed by atoms with E-state index < -0.39 is 0 Å². The molecule has 0 aromatic carbocycles. The maximum atomic E-state index is 11.8. The number of fused-ring (bicyclic) bond motifs is 1. The minimum Gasteiger partial charge on any atom is -0.462 e. The molecule has 0 amide bonds. The fourth-order valence-corrected chi connectivity index (χ4v) is 5.43. The molecule has 2 fully saturated rings. The van der Waals surface area contributed by atoms with Gasteiger partial charge >= 0.3 is 5.97 Å². The van der Waals surface area contributed by atoms with Crippen molar-refractivity contribution in [1.82, 2.24) is 24.8 Å². The Morgan fingerprint density at radius 2 is 1.79 bits per heavy atom. The van der Waals surface area contributed by atoms with Gasteiger partial charge in [-0.1, -0.05) is 0 Å². The summed E-state index contributed by atoms with van der Waals surface area (Å²) in [7, 11) is 0. The second kappa shape index (κ2) is 10.2. The van der Waals surface area contributed by atoms with Crippen LogP contribution in [0.2, 0.25) is 0 Å². The fraction of sp³-hybridized carbons (Fsp3) is 0.522. The highest BCUT2D eigenvalue weighted by Gasteiger charge is 2.22. The van der Waals surface area contributed by atoms with Crippen molar-refractivity contribution in [1.29, 1.82) is 0 Å². The van der Waals surface area contributed by atoms with Crippen molar-refractivity contribution in [2.45, 2.75) is 20.4 Å². The molecule has 0 N–H and O–H groups in total. The van der Waals surface area contributed by atoms with Gasteiger partial charge in [-0.05, 0) is 19.9 Å². The molecular weight excluding hydrogens is 454 g/mol. The van der Waals surface area contributed by atoms with Gasteiger partial charge in [-0.3, -0.25) is 4.90 Å². The molecule has 180 valence electrons. The first-order valence-electron chi connectivity index (χ1n) is 11.7. The summed E-state index contributed by atoms with van der Waals surface area (Å²) in [5.41, 5.74) is 1.41. The molecule has 0 bridgehead atoms. The van der Waals surface area contributed by atoms with Crippen LogP contribution in [-0.2, 0) is 16.0 Å². The predicted molar refractivity (Wildman–Crippen MR) is 131 cm³/mol. The Morgan fingerprint density at radius 3 is 2.50 bits per heavy atom. The van der Waals surface area contributed by atoms with Crippen molar-refractivity contribution in [3.63, 3.8) is 0 Å². The summed E-state index contributed by atoms with van der Waals surface area (Å²) in [6.45, 7) is 11.7. The molecule has 0 spiro atoms. The lowest BCUT2D eigenvalue weighted by Crippen LogP contribution is -2.46. The molecule has 34 heavy (non-hydrogen) atoms. The van der Waals surface area contributed by atoms with Gasteiger partial charge in [0, 0.05) is 63.1 Å². The molecular formula is C23H29N7O3S. The Labute approximate surface area is 202 Å². The SMILES string of the molecule is CCOC(=O)c1cnc(N2CCN(Cc3cc4nc(C)nc(N5CCOCC5)c4s3)CC2)nc1. The number of piperazine rings is 1. The summed E-state index contributed by atoms with van der Waals surface area (Å²) in [6, 6.07) is 2.21. The standard InChI is InChI=1S/C23H29N7O3S/c1-3-33-22(31)17-13-24-23(25-14-17)30-6-4-28(5-7-30)15-18-12-19-20(34-18)21(27-16(2)26-19)29-8-10-32-11-9-29/h12-14H,3-11,15H2,1-2H3. The number of hydrogen-bond acceptors (Lipinski definition) is 11. The van der Waals surface area contributed by atoms with Crippen LogP contribution in [0.15, 0.2) is 18.5 Å². The second-order valence-corrected chi connectivity index (χ2v) is 9.51. The quantitative estimate of drug-likeness (QED) is 0.485. The van der Waals surface area contributed by atoms with E-state index in [2.05, 4.69) is 30.7 Å². The molecule has 11 heteroatoms. The van der Waals surface area contributed by atoms with Gasteiger partial charge in [0.1, 0.15) is 5.82 Å². The first kappa shape index (κ1) is 22.9. The van der Waals surface area contributed by atoms with Gasteiger partial charge in [0.15, 0.2) is 5.82 Å². The molecule has 5 rings (SSSR count). The number of hydrogen-bond donors (Lipinski definition) is 0. The number of carbonyl (C=O) groups is 1. The van der Waals surface area contributed by atoms with Gasteiger partial charge < -0.3 is 19.3 Å². The van der Waals surface area contributed by atoms with Crippen LogP contribution >= 0.6 is 11.3 Å². The largest absolute Gasteiger partial charge is 0.462 e. The molecule has 0 aliphatic carbocycles. The maximum absolute atomic E-state index is 11.8. The van der Waals surface area contributed by atoms with Gasteiger partial charge in [0.2, 0.25) is 5.95 Å². The number of aromatic nitrogens is 4. The number of morpholine rings is 1. The number of carbonyl (C=O) groups excluding carboxylic acids is 1. The average molecular weight is 484 g/mol. The molecule has 0 atom stereocenters. The third-order valence-electron chi connectivity index (χ3n) is 6.01. The number of ether oxygens (including phenoxy) is 2. The number of nitrogens with zero attached hydrogens (tertiary/aromatic N) is 7. The van der Waals surface area contributed by atoms with Crippen LogP contribution in [0.3, 0.4) is 0 Å². The highest BCUT2D eigenvalue weighted by molar-refractivity contribution is 7.19. The van der Waals surface area contributed by atoms with E-state index in [1.165, 1.54) is 4.88 Å². The second-order valence-electron chi connectivity index (χ2n) is 8.38. The van der Waals surface area contributed by atoms with Gasteiger partial charge in [-0.15, -0.1) is 11.3 Å². The monoisotopic (exact) mass is 483 g/mol. The van der Waals surface area contributed by atoms with E-state index in [0.717, 1.165) is 80.9 Å². The molecule has 2 aliphatic heterocycles. The van der Waals surface area contributed by atoms with Crippen molar-refractivity contribution in [3.8, 4) is 0 Å². The Kier molecular flexibility index (Phi) is 6.84. The van der Waals surface area contributed by atoms with E-state index in [0.29, 0.717) is 18.1 Å². The number of aryl methyl sites for hydroxylation is 1. The molecule has 0 saturated carbocycles. The summed E-state index contributed by atoms with van der Waals surface area (Å²) >= 11 is 1.79. The number of anilines is 2. The number of esters is 1. The van der Waals surface area contributed by atoms with E-state index in [1.807, 2.05) is 6.92 Å². The number of thiophene rings is 1. The molecule has 5 heterocycles. The van der Waals surface area contributed by atoms with Gasteiger partial charge in [-0.2, -0.15) is 0 Å². The smallest absolute Gasteiger partial charge is 0.341 e. The molecule has 3 aromatic heterocycles. The van der Waals surface area contributed by atoms with Crippen LogP contribution < -0.4 is 9.80 Å². The molecule has 10 nitrogen and oxygen atoms in total. The highest BCUT2D eigenvalue weighted by Crippen LogP contribution is 2.33. The summed E-state index contributed by atoms with van der Waals surface area (Å²) in [6.07, 6.45) is 3.08. The Bertz CT molecular complexity index is 1140. The first-order chi connectivity index (χ1) is 16.6. The molecule has 0 radical (unpaired) electrons. The van der Waals surface area contributed by atoms with E-state index in [4.69, 9.17) is 19.4 Å². The van der Waals surface area contributed by atoms with Gasteiger partial charge in [0.05, 0.1) is 35.6 Å². The zero-order valence-electron chi connectivity index (χ0n) is 19.6. The zero-order valence-corrected chi connectivity index (χ0v) is 20.4. The van der Waals surface area contributed by atoms with Gasteiger partial charge in [-0.25, -0.2) is 24.7 Å². The van der Waals surface area contributed by atoms with E-state index >= 15 is 0 Å².